The Hall–Kier alpha value is -1.43. The van der Waals surface area contributed by atoms with Crippen LogP contribution in [-0.2, 0) is 10.3 Å². The third kappa shape index (κ3) is 2.57. The quantitative estimate of drug-likeness (QED) is 0.865. The van der Waals surface area contributed by atoms with Gasteiger partial charge in [-0.05, 0) is 30.5 Å². The molecule has 0 saturated heterocycles. The van der Waals surface area contributed by atoms with Crippen molar-refractivity contribution < 1.29 is 22.7 Å². The summed E-state index contributed by atoms with van der Waals surface area (Å²) in [5.41, 5.74) is -2.63. The Labute approximate surface area is 124 Å². The Morgan fingerprint density at radius 3 is 2.71 bits per heavy atom. The van der Waals surface area contributed by atoms with Gasteiger partial charge in [0.2, 0.25) is 5.60 Å². The van der Waals surface area contributed by atoms with Crippen molar-refractivity contribution in [2.45, 2.75) is 37.5 Å². The number of amides is 1. The molecule has 1 heterocycles. The number of carbonyl (C=O) groups is 1. The highest BCUT2D eigenvalue weighted by Gasteiger charge is 2.62. The Bertz CT molecular complexity index is 586. The first-order chi connectivity index (χ1) is 9.82. The highest BCUT2D eigenvalue weighted by atomic mass is 35.5. The second-order valence-electron chi connectivity index (χ2n) is 5.51. The molecule has 0 spiro atoms. The van der Waals surface area contributed by atoms with Gasteiger partial charge in [-0.2, -0.15) is 13.2 Å². The third-order valence-electron chi connectivity index (χ3n) is 3.98. The van der Waals surface area contributed by atoms with Crippen LogP contribution in [-0.4, -0.2) is 12.3 Å². The predicted molar refractivity (Wildman–Crippen MR) is 71.2 cm³/mol. The van der Waals surface area contributed by atoms with Crippen molar-refractivity contribution in [3.63, 3.8) is 0 Å². The molecule has 114 valence electrons. The summed E-state index contributed by atoms with van der Waals surface area (Å²) in [5, 5.41) is 2.47. The molecule has 1 aromatic rings. The highest BCUT2D eigenvalue weighted by Crippen LogP contribution is 2.52. The molecule has 2 aliphatic rings. The summed E-state index contributed by atoms with van der Waals surface area (Å²) in [6.07, 6.45) is -3.82. The number of hydrogen-bond acceptors (Lipinski definition) is 2. The molecule has 21 heavy (non-hydrogen) atoms. The fourth-order valence-corrected chi connectivity index (χ4v) is 2.83. The molecule has 1 saturated carbocycles. The summed E-state index contributed by atoms with van der Waals surface area (Å²) in [6.45, 7) is 0. The van der Waals surface area contributed by atoms with E-state index in [9.17, 15) is 18.0 Å². The van der Waals surface area contributed by atoms with E-state index in [4.69, 9.17) is 16.3 Å². The number of anilines is 1. The van der Waals surface area contributed by atoms with Crippen LogP contribution in [0.15, 0.2) is 18.2 Å². The van der Waals surface area contributed by atoms with Crippen LogP contribution in [0.5, 0.6) is 0 Å². The minimum Gasteiger partial charge on any atom is -0.428 e. The fourth-order valence-electron chi connectivity index (χ4n) is 2.66. The second kappa shape index (κ2) is 4.80. The van der Waals surface area contributed by atoms with Crippen LogP contribution in [0.4, 0.5) is 23.7 Å². The average molecular weight is 320 g/mol. The lowest BCUT2D eigenvalue weighted by Crippen LogP contribution is -2.50. The van der Waals surface area contributed by atoms with Crippen molar-refractivity contribution in [2.24, 2.45) is 5.92 Å². The van der Waals surface area contributed by atoms with Gasteiger partial charge < -0.3 is 4.74 Å². The lowest BCUT2D eigenvalue weighted by Gasteiger charge is -2.39. The number of halogens is 4. The molecule has 1 unspecified atom stereocenters. The Morgan fingerprint density at radius 1 is 1.38 bits per heavy atom. The Balaban J connectivity index is 2.09. The van der Waals surface area contributed by atoms with Gasteiger partial charge in [-0.3, -0.25) is 5.32 Å². The summed E-state index contributed by atoms with van der Waals surface area (Å²) >= 11 is 5.83. The van der Waals surface area contributed by atoms with Crippen molar-refractivity contribution in [1.82, 2.24) is 0 Å². The molecule has 1 amide bonds. The van der Waals surface area contributed by atoms with Gasteiger partial charge in [0.25, 0.3) is 0 Å². The van der Waals surface area contributed by atoms with Crippen molar-refractivity contribution in [3.8, 4) is 0 Å². The van der Waals surface area contributed by atoms with Crippen LogP contribution in [0.3, 0.4) is 0 Å². The van der Waals surface area contributed by atoms with Crippen LogP contribution >= 0.6 is 11.6 Å². The Morgan fingerprint density at radius 2 is 2.10 bits per heavy atom. The van der Waals surface area contributed by atoms with E-state index < -0.39 is 17.9 Å². The number of rotatable bonds is 3. The van der Waals surface area contributed by atoms with Crippen molar-refractivity contribution >= 4 is 23.4 Å². The summed E-state index contributed by atoms with van der Waals surface area (Å²) in [7, 11) is 0. The first-order valence-electron chi connectivity index (χ1n) is 6.68. The molecule has 1 aliphatic heterocycles. The molecule has 7 heteroatoms. The molecule has 3 nitrogen and oxygen atoms in total. The number of cyclic esters (lactones) is 1. The monoisotopic (exact) mass is 319 g/mol. The van der Waals surface area contributed by atoms with Gasteiger partial charge in [0.15, 0.2) is 0 Å². The number of benzene rings is 1. The summed E-state index contributed by atoms with van der Waals surface area (Å²) in [6, 6.07) is 4.03. The molecule has 0 radical (unpaired) electrons. The first kappa shape index (κ1) is 14.5. The molecular formula is C14H13ClF3NO2. The van der Waals surface area contributed by atoms with E-state index in [0.29, 0.717) is 12.3 Å². The van der Waals surface area contributed by atoms with Crippen LogP contribution < -0.4 is 5.32 Å². The molecule has 1 N–H and O–H groups in total. The van der Waals surface area contributed by atoms with Crippen LogP contribution in [0, 0.1) is 5.92 Å². The van der Waals surface area contributed by atoms with Crippen LogP contribution in [0.2, 0.25) is 5.02 Å². The largest absolute Gasteiger partial charge is 0.432 e. The number of carbonyl (C=O) groups excluding carboxylic acids is 1. The van der Waals surface area contributed by atoms with E-state index in [2.05, 4.69) is 5.32 Å². The standard InChI is InChI=1S/C14H13ClF3NO2/c15-9-3-4-11-10(7-9)13(14(16,17)18,21-12(20)19-11)6-5-8-1-2-8/h3-4,7-8H,1-2,5-6H2,(H,19,20). The van der Waals surface area contributed by atoms with Gasteiger partial charge in [0.1, 0.15) is 0 Å². The van der Waals surface area contributed by atoms with Gasteiger partial charge in [0.05, 0.1) is 5.69 Å². The molecule has 0 aromatic heterocycles. The zero-order valence-electron chi connectivity index (χ0n) is 11.0. The minimum atomic E-state index is -4.70. The normalized spacial score (nSPS) is 25.0. The maximum atomic E-state index is 13.7. The SMILES string of the molecule is O=C1Nc2ccc(Cl)cc2C(CCC2CC2)(C(F)(F)F)O1. The molecular weight excluding hydrogens is 307 g/mol. The lowest BCUT2D eigenvalue weighted by atomic mass is 9.85. The van der Waals surface area contributed by atoms with Gasteiger partial charge in [0, 0.05) is 17.0 Å². The topological polar surface area (TPSA) is 38.3 Å². The van der Waals surface area contributed by atoms with Gasteiger partial charge in [-0.1, -0.05) is 24.4 Å². The number of ether oxygens (including phenoxy) is 1. The lowest BCUT2D eigenvalue weighted by molar-refractivity contribution is -0.267. The average Bonchev–Trinajstić information content (AvgIpc) is 3.19. The molecule has 0 bridgehead atoms. The Kier molecular flexibility index (Phi) is 3.31. The van der Waals surface area contributed by atoms with Gasteiger partial charge >= 0.3 is 12.3 Å². The molecule has 1 aromatic carbocycles. The summed E-state index contributed by atoms with van der Waals surface area (Å²) < 4.78 is 45.9. The molecule has 1 atom stereocenters. The van der Waals surface area contributed by atoms with Gasteiger partial charge in [-0.15, -0.1) is 0 Å². The smallest absolute Gasteiger partial charge is 0.428 e. The third-order valence-corrected chi connectivity index (χ3v) is 4.21. The van der Waals surface area contributed by atoms with Crippen molar-refractivity contribution in [1.29, 1.82) is 0 Å². The number of nitrogens with one attached hydrogen (secondary N) is 1. The van der Waals surface area contributed by atoms with E-state index in [-0.39, 0.29) is 22.7 Å². The van der Waals surface area contributed by atoms with Crippen molar-refractivity contribution in [2.75, 3.05) is 5.32 Å². The predicted octanol–water partition coefficient (Wildman–Crippen LogP) is 4.85. The van der Waals surface area contributed by atoms with E-state index in [1.165, 1.54) is 18.2 Å². The zero-order valence-corrected chi connectivity index (χ0v) is 11.7. The summed E-state index contributed by atoms with van der Waals surface area (Å²) in [5.74, 6) is 0.292. The first-order valence-corrected chi connectivity index (χ1v) is 7.06. The van der Waals surface area contributed by atoms with Crippen LogP contribution in [0.1, 0.15) is 31.2 Å². The number of alkyl halides is 3. The molecule has 1 aliphatic carbocycles. The number of hydrogen-bond donors (Lipinski definition) is 1. The van der Waals surface area contributed by atoms with E-state index in [0.717, 1.165) is 12.8 Å². The van der Waals surface area contributed by atoms with Crippen LogP contribution in [0.25, 0.3) is 0 Å². The van der Waals surface area contributed by atoms with E-state index in [1.54, 1.807) is 0 Å². The summed E-state index contributed by atoms with van der Waals surface area (Å²) in [4.78, 5) is 11.6. The highest BCUT2D eigenvalue weighted by molar-refractivity contribution is 6.30. The van der Waals surface area contributed by atoms with Crippen molar-refractivity contribution in [3.05, 3.63) is 28.8 Å². The van der Waals surface area contributed by atoms with Gasteiger partial charge in [-0.25, -0.2) is 4.79 Å². The van der Waals surface area contributed by atoms with E-state index in [1.807, 2.05) is 0 Å². The molecule has 1 fully saturated rings. The zero-order chi connectivity index (χ0) is 15.3. The second-order valence-corrected chi connectivity index (χ2v) is 5.95. The minimum absolute atomic E-state index is 0.101. The fraction of sp³-hybridized carbons (Fsp3) is 0.500. The maximum Gasteiger partial charge on any atom is 0.432 e. The number of fused-ring (bicyclic) bond motifs is 1. The molecule has 3 rings (SSSR count). The maximum absolute atomic E-state index is 13.7. The van der Waals surface area contributed by atoms with E-state index >= 15 is 0 Å².